The highest BCUT2D eigenvalue weighted by atomic mass is 35.5. The first-order valence-electron chi connectivity index (χ1n) is 8.20. The summed E-state index contributed by atoms with van der Waals surface area (Å²) in [5.74, 6) is -0.386. The number of methoxy groups -OCH3 is 1. The van der Waals surface area contributed by atoms with E-state index in [1.54, 1.807) is 36.5 Å². The van der Waals surface area contributed by atoms with Crippen LogP contribution in [0.2, 0.25) is 5.02 Å². The molecule has 3 aromatic rings. The summed E-state index contributed by atoms with van der Waals surface area (Å²) in [5.41, 5.74) is 3.40. The van der Waals surface area contributed by atoms with Gasteiger partial charge in [-0.25, -0.2) is 4.79 Å². The number of hydrogen-bond donors (Lipinski definition) is 0. The van der Waals surface area contributed by atoms with E-state index in [4.69, 9.17) is 16.3 Å². The van der Waals surface area contributed by atoms with E-state index >= 15 is 0 Å². The summed E-state index contributed by atoms with van der Waals surface area (Å²) in [4.78, 5) is 11.5. The molecule has 5 heteroatoms. The van der Waals surface area contributed by atoms with Gasteiger partial charge in [-0.05, 0) is 30.3 Å². The Labute approximate surface area is 158 Å². The lowest BCUT2D eigenvalue weighted by Crippen LogP contribution is -2.01. The number of hydrogen-bond acceptors (Lipinski definition) is 3. The van der Waals surface area contributed by atoms with Crippen molar-refractivity contribution in [3.05, 3.63) is 77.1 Å². The van der Waals surface area contributed by atoms with Crippen LogP contribution in [0.25, 0.3) is 16.8 Å². The summed E-state index contributed by atoms with van der Waals surface area (Å²) >= 11 is 6.24. The molecular formula is C21H19ClN2O2. The Morgan fingerprint density at radius 3 is 2.27 bits per heavy atom. The summed E-state index contributed by atoms with van der Waals surface area (Å²) in [6.07, 6.45) is 3.60. The minimum absolute atomic E-state index is 0.386. The fourth-order valence-corrected chi connectivity index (χ4v) is 2.71. The second kappa shape index (κ2) is 8.89. The van der Waals surface area contributed by atoms with Crippen LogP contribution in [0.3, 0.4) is 0 Å². The zero-order valence-corrected chi connectivity index (χ0v) is 15.6. The van der Waals surface area contributed by atoms with Gasteiger partial charge in [-0.1, -0.05) is 43.6 Å². The Kier molecular flexibility index (Phi) is 6.60. The van der Waals surface area contributed by atoms with Gasteiger partial charge in [-0.3, -0.25) is 0 Å². The number of rotatable bonds is 3. The lowest BCUT2D eigenvalue weighted by atomic mass is 10.1. The van der Waals surface area contributed by atoms with Crippen molar-refractivity contribution in [1.82, 2.24) is 4.57 Å². The molecule has 0 radical (unpaired) electrons. The Balaban J connectivity index is 0.00000117. The number of carbonyl (C=O) groups excluding carboxylic acids is 1. The summed E-state index contributed by atoms with van der Waals surface area (Å²) in [6, 6.07) is 16.6. The molecule has 132 valence electrons. The van der Waals surface area contributed by atoms with Crippen molar-refractivity contribution < 1.29 is 9.53 Å². The van der Waals surface area contributed by atoms with E-state index in [-0.39, 0.29) is 5.97 Å². The number of carbonyl (C=O) groups is 1. The normalized spacial score (nSPS) is 9.65. The third-order valence-electron chi connectivity index (χ3n) is 3.70. The van der Waals surface area contributed by atoms with Gasteiger partial charge in [0, 0.05) is 34.2 Å². The first-order chi connectivity index (χ1) is 12.6. The molecule has 1 aromatic heterocycles. The topological polar surface area (TPSA) is 55.0 Å². The van der Waals surface area contributed by atoms with E-state index < -0.39 is 0 Å². The number of nitriles is 1. The Bertz CT molecular complexity index is 937. The van der Waals surface area contributed by atoms with Crippen LogP contribution in [0.5, 0.6) is 0 Å². The first-order valence-corrected chi connectivity index (χ1v) is 8.57. The average Bonchev–Trinajstić information content (AvgIpc) is 3.13. The van der Waals surface area contributed by atoms with Crippen molar-refractivity contribution in [3.8, 4) is 22.9 Å². The molecule has 0 aliphatic rings. The van der Waals surface area contributed by atoms with Crippen molar-refractivity contribution in [1.29, 1.82) is 5.26 Å². The molecule has 0 N–H and O–H groups in total. The van der Waals surface area contributed by atoms with Crippen LogP contribution in [0, 0.1) is 11.3 Å². The van der Waals surface area contributed by atoms with E-state index in [9.17, 15) is 10.1 Å². The van der Waals surface area contributed by atoms with Crippen LogP contribution in [0.4, 0.5) is 0 Å². The molecule has 3 rings (SSSR count). The Hall–Kier alpha value is -3.03. The molecule has 0 spiro atoms. The van der Waals surface area contributed by atoms with Crippen LogP contribution >= 0.6 is 11.6 Å². The molecule has 0 aliphatic heterocycles. The van der Waals surface area contributed by atoms with Crippen LogP contribution in [0.15, 0.2) is 60.9 Å². The molecule has 0 saturated heterocycles. The number of esters is 1. The summed E-state index contributed by atoms with van der Waals surface area (Å²) in [6.45, 7) is 4.00. The lowest BCUT2D eigenvalue weighted by Gasteiger charge is -2.04. The van der Waals surface area contributed by atoms with Crippen LogP contribution in [-0.2, 0) is 4.74 Å². The molecule has 4 nitrogen and oxygen atoms in total. The molecule has 2 aromatic carbocycles. The Morgan fingerprint density at radius 2 is 1.69 bits per heavy atom. The maximum absolute atomic E-state index is 11.5. The predicted molar refractivity (Wildman–Crippen MR) is 104 cm³/mol. The predicted octanol–water partition coefficient (Wildman–Crippen LogP) is 5.48. The van der Waals surface area contributed by atoms with Crippen molar-refractivity contribution in [2.24, 2.45) is 0 Å². The molecule has 0 atom stereocenters. The number of halogens is 1. The molecule has 26 heavy (non-hydrogen) atoms. The molecular weight excluding hydrogens is 348 g/mol. The lowest BCUT2D eigenvalue weighted by molar-refractivity contribution is 0.0601. The van der Waals surface area contributed by atoms with Gasteiger partial charge in [0.1, 0.15) is 6.07 Å². The standard InChI is InChI=1S/C19H13ClN2O2.C2H6/c1-24-19(23)13-6-8-15(9-7-13)22-11-14(10-21)17(12-22)16-4-2-3-5-18(16)20;1-2/h2-9,11-12H,1H3;1-2H3. The van der Waals surface area contributed by atoms with Crippen LogP contribution < -0.4 is 0 Å². The zero-order chi connectivity index (χ0) is 19.1. The number of nitrogens with zero attached hydrogens (tertiary/aromatic N) is 2. The number of ether oxygens (including phenoxy) is 1. The molecule has 0 bridgehead atoms. The van der Waals surface area contributed by atoms with E-state index in [1.807, 2.05) is 42.8 Å². The highest BCUT2D eigenvalue weighted by Crippen LogP contribution is 2.31. The largest absolute Gasteiger partial charge is 0.465 e. The SMILES string of the molecule is CC.COC(=O)c1ccc(-n2cc(C#N)c(-c3ccccc3Cl)c2)cc1. The summed E-state index contributed by atoms with van der Waals surface area (Å²) < 4.78 is 6.52. The maximum atomic E-state index is 11.5. The van der Waals surface area contributed by atoms with E-state index in [2.05, 4.69) is 6.07 Å². The molecule has 1 heterocycles. The van der Waals surface area contributed by atoms with Gasteiger partial charge < -0.3 is 9.30 Å². The Morgan fingerprint density at radius 1 is 1.04 bits per heavy atom. The van der Waals surface area contributed by atoms with Gasteiger partial charge in [0.15, 0.2) is 0 Å². The quantitative estimate of drug-likeness (QED) is 0.576. The second-order valence-corrected chi connectivity index (χ2v) is 5.53. The molecule has 0 fully saturated rings. The monoisotopic (exact) mass is 366 g/mol. The van der Waals surface area contributed by atoms with Crippen molar-refractivity contribution in [2.75, 3.05) is 7.11 Å². The van der Waals surface area contributed by atoms with E-state index in [0.29, 0.717) is 16.1 Å². The molecule has 0 unspecified atom stereocenters. The molecule has 0 saturated carbocycles. The highest BCUT2D eigenvalue weighted by Gasteiger charge is 2.13. The first kappa shape index (κ1) is 19.3. The third-order valence-corrected chi connectivity index (χ3v) is 4.03. The van der Waals surface area contributed by atoms with Crippen LogP contribution in [0.1, 0.15) is 29.8 Å². The zero-order valence-electron chi connectivity index (χ0n) is 14.9. The van der Waals surface area contributed by atoms with E-state index in [0.717, 1.165) is 16.8 Å². The second-order valence-electron chi connectivity index (χ2n) is 5.12. The van der Waals surface area contributed by atoms with Gasteiger partial charge >= 0.3 is 5.97 Å². The number of benzene rings is 2. The smallest absolute Gasteiger partial charge is 0.337 e. The van der Waals surface area contributed by atoms with Gasteiger partial charge in [0.2, 0.25) is 0 Å². The molecule has 0 aliphatic carbocycles. The molecule has 0 amide bonds. The minimum Gasteiger partial charge on any atom is -0.465 e. The van der Waals surface area contributed by atoms with Crippen LogP contribution in [-0.4, -0.2) is 17.6 Å². The fourth-order valence-electron chi connectivity index (χ4n) is 2.47. The minimum atomic E-state index is -0.386. The average molecular weight is 367 g/mol. The van der Waals surface area contributed by atoms with Gasteiger partial charge in [-0.2, -0.15) is 5.26 Å². The summed E-state index contributed by atoms with van der Waals surface area (Å²) in [7, 11) is 1.34. The summed E-state index contributed by atoms with van der Waals surface area (Å²) in [5, 5.41) is 10.0. The van der Waals surface area contributed by atoms with Crippen molar-refractivity contribution in [3.63, 3.8) is 0 Å². The van der Waals surface area contributed by atoms with Crippen molar-refractivity contribution >= 4 is 17.6 Å². The van der Waals surface area contributed by atoms with Gasteiger partial charge in [0.25, 0.3) is 0 Å². The fraction of sp³-hybridized carbons (Fsp3) is 0.143. The highest BCUT2D eigenvalue weighted by molar-refractivity contribution is 6.33. The van der Waals surface area contributed by atoms with E-state index in [1.165, 1.54) is 7.11 Å². The number of aromatic nitrogens is 1. The van der Waals surface area contributed by atoms with Gasteiger partial charge in [-0.15, -0.1) is 0 Å². The maximum Gasteiger partial charge on any atom is 0.337 e. The third kappa shape index (κ3) is 3.96. The van der Waals surface area contributed by atoms with Crippen molar-refractivity contribution in [2.45, 2.75) is 13.8 Å². The van der Waals surface area contributed by atoms with Gasteiger partial charge in [0.05, 0.1) is 18.2 Å².